The Kier molecular flexibility index (Phi) is 4.47. The zero-order chi connectivity index (χ0) is 13.8. The topological polar surface area (TPSA) is 45.2 Å². The van der Waals surface area contributed by atoms with E-state index in [0.29, 0.717) is 18.5 Å². The van der Waals surface area contributed by atoms with Gasteiger partial charge in [0.2, 0.25) is 5.95 Å². The number of nitrogens with one attached hydrogen (secondary N) is 1. The first kappa shape index (κ1) is 13.9. The maximum absolute atomic E-state index is 12.9. The minimum Gasteiger partial charge on any atom is -0.350 e. The normalized spacial score (nSPS) is 19.9. The largest absolute Gasteiger partial charge is 0.350 e. The van der Waals surface area contributed by atoms with Gasteiger partial charge in [0.05, 0.1) is 0 Å². The third-order valence-electron chi connectivity index (χ3n) is 3.55. The molecule has 0 aliphatic carbocycles. The van der Waals surface area contributed by atoms with Crippen molar-refractivity contribution in [1.29, 1.82) is 0 Å². The molecule has 2 heterocycles. The minimum atomic E-state index is -0.625. The fourth-order valence-electron chi connectivity index (χ4n) is 2.36. The standard InChI is InChI=1S/C14H20FN3O/c1-10(2)18-7-6-11(9-18)8-16-14(19)12-4-3-5-13(15)17-12/h3-5,10-11H,6-9H2,1-2H3,(H,16,19). The van der Waals surface area contributed by atoms with Crippen molar-refractivity contribution < 1.29 is 9.18 Å². The van der Waals surface area contributed by atoms with Gasteiger partial charge < -0.3 is 10.2 Å². The summed E-state index contributed by atoms with van der Waals surface area (Å²) in [6.45, 7) is 7.07. The average molecular weight is 265 g/mol. The van der Waals surface area contributed by atoms with E-state index in [0.717, 1.165) is 19.5 Å². The summed E-state index contributed by atoms with van der Waals surface area (Å²) in [4.78, 5) is 17.8. The van der Waals surface area contributed by atoms with Crippen LogP contribution in [-0.4, -0.2) is 41.5 Å². The molecule has 104 valence electrons. The van der Waals surface area contributed by atoms with Gasteiger partial charge in [0.1, 0.15) is 5.69 Å². The van der Waals surface area contributed by atoms with Crippen molar-refractivity contribution in [3.05, 3.63) is 29.8 Å². The second kappa shape index (κ2) is 6.10. The molecule has 1 fully saturated rings. The summed E-state index contributed by atoms with van der Waals surface area (Å²) >= 11 is 0. The van der Waals surface area contributed by atoms with Crippen LogP contribution < -0.4 is 5.32 Å². The molecule has 1 aromatic rings. The lowest BCUT2D eigenvalue weighted by Gasteiger charge is -2.20. The molecular weight excluding hydrogens is 245 g/mol. The van der Waals surface area contributed by atoms with Crippen molar-refractivity contribution >= 4 is 5.91 Å². The van der Waals surface area contributed by atoms with Gasteiger partial charge in [-0.1, -0.05) is 6.07 Å². The monoisotopic (exact) mass is 265 g/mol. The molecule has 19 heavy (non-hydrogen) atoms. The molecule has 1 aromatic heterocycles. The number of amides is 1. The third kappa shape index (κ3) is 3.73. The van der Waals surface area contributed by atoms with Gasteiger partial charge >= 0.3 is 0 Å². The summed E-state index contributed by atoms with van der Waals surface area (Å²) in [6, 6.07) is 4.79. The number of hydrogen-bond donors (Lipinski definition) is 1. The van der Waals surface area contributed by atoms with E-state index in [1.807, 2.05) is 0 Å². The van der Waals surface area contributed by atoms with E-state index in [-0.39, 0.29) is 11.6 Å². The van der Waals surface area contributed by atoms with E-state index >= 15 is 0 Å². The summed E-state index contributed by atoms with van der Waals surface area (Å²) in [5.74, 6) is -0.457. The smallest absolute Gasteiger partial charge is 0.270 e. The van der Waals surface area contributed by atoms with E-state index in [4.69, 9.17) is 0 Å². The molecule has 1 N–H and O–H groups in total. The Morgan fingerprint density at radius 2 is 2.37 bits per heavy atom. The van der Waals surface area contributed by atoms with Crippen LogP contribution in [0.1, 0.15) is 30.8 Å². The van der Waals surface area contributed by atoms with Crippen molar-refractivity contribution in [2.45, 2.75) is 26.3 Å². The Labute approximate surface area is 113 Å². The lowest BCUT2D eigenvalue weighted by molar-refractivity contribution is 0.0941. The van der Waals surface area contributed by atoms with Crippen LogP contribution in [0.4, 0.5) is 4.39 Å². The number of rotatable bonds is 4. The molecule has 0 radical (unpaired) electrons. The van der Waals surface area contributed by atoms with E-state index in [1.54, 1.807) is 0 Å². The van der Waals surface area contributed by atoms with E-state index < -0.39 is 5.95 Å². The number of halogens is 1. The predicted molar refractivity (Wildman–Crippen MR) is 71.3 cm³/mol. The van der Waals surface area contributed by atoms with Crippen LogP contribution in [0.3, 0.4) is 0 Å². The summed E-state index contributed by atoms with van der Waals surface area (Å²) in [6.07, 6.45) is 1.09. The number of carbonyl (C=O) groups excluding carboxylic acids is 1. The molecule has 2 rings (SSSR count). The fraction of sp³-hybridized carbons (Fsp3) is 0.571. The molecular formula is C14H20FN3O. The molecule has 0 aromatic carbocycles. The highest BCUT2D eigenvalue weighted by Gasteiger charge is 2.24. The van der Waals surface area contributed by atoms with Crippen molar-refractivity contribution in [2.24, 2.45) is 5.92 Å². The van der Waals surface area contributed by atoms with Gasteiger partial charge in [0.25, 0.3) is 5.91 Å². The maximum Gasteiger partial charge on any atom is 0.270 e. The predicted octanol–water partition coefficient (Wildman–Crippen LogP) is 1.68. The number of aromatic nitrogens is 1. The van der Waals surface area contributed by atoms with Gasteiger partial charge in [-0.25, -0.2) is 4.98 Å². The molecule has 1 aliphatic rings. The van der Waals surface area contributed by atoms with E-state index in [1.165, 1.54) is 18.2 Å². The maximum atomic E-state index is 12.9. The highest BCUT2D eigenvalue weighted by atomic mass is 19.1. The van der Waals surface area contributed by atoms with Crippen LogP contribution in [-0.2, 0) is 0 Å². The van der Waals surface area contributed by atoms with Gasteiger partial charge in [-0.15, -0.1) is 0 Å². The SMILES string of the molecule is CC(C)N1CCC(CNC(=O)c2cccc(F)n2)C1. The molecule has 0 spiro atoms. The molecule has 1 atom stereocenters. The van der Waals surface area contributed by atoms with Crippen molar-refractivity contribution in [1.82, 2.24) is 15.2 Å². The molecule has 1 saturated heterocycles. The average Bonchev–Trinajstić information content (AvgIpc) is 2.85. The Bertz CT molecular complexity index is 450. The Balaban J connectivity index is 1.82. The zero-order valence-corrected chi connectivity index (χ0v) is 11.4. The van der Waals surface area contributed by atoms with Gasteiger partial charge in [-0.3, -0.25) is 4.79 Å². The summed E-state index contributed by atoms with van der Waals surface area (Å²) in [7, 11) is 0. The molecule has 0 saturated carbocycles. The van der Waals surface area contributed by atoms with Crippen molar-refractivity contribution in [3.8, 4) is 0 Å². The van der Waals surface area contributed by atoms with E-state index in [9.17, 15) is 9.18 Å². The summed E-state index contributed by atoms with van der Waals surface area (Å²) in [5, 5.41) is 2.83. The first-order chi connectivity index (χ1) is 9.06. The second-order valence-electron chi connectivity index (χ2n) is 5.30. The highest BCUT2D eigenvalue weighted by Crippen LogP contribution is 2.17. The third-order valence-corrected chi connectivity index (χ3v) is 3.55. The van der Waals surface area contributed by atoms with Gasteiger partial charge in [-0.05, 0) is 44.9 Å². The summed E-state index contributed by atoms with van der Waals surface area (Å²) < 4.78 is 12.9. The number of hydrogen-bond acceptors (Lipinski definition) is 3. The van der Waals surface area contributed by atoms with Crippen LogP contribution in [0.2, 0.25) is 0 Å². The molecule has 1 aliphatic heterocycles. The van der Waals surface area contributed by atoms with Crippen LogP contribution >= 0.6 is 0 Å². The Morgan fingerprint density at radius 1 is 1.58 bits per heavy atom. The first-order valence-electron chi connectivity index (χ1n) is 6.71. The Morgan fingerprint density at radius 3 is 3.00 bits per heavy atom. The van der Waals surface area contributed by atoms with Gasteiger partial charge in [0, 0.05) is 19.1 Å². The molecule has 1 unspecified atom stereocenters. The lowest BCUT2D eigenvalue weighted by atomic mass is 10.1. The second-order valence-corrected chi connectivity index (χ2v) is 5.30. The Hall–Kier alpha value is -1.49. The lowest BCUT2D eigenvalue weighted by Crippen LogP contribution is -2.33. The van der Waals surface area contributed by atoms with Crippen LogP contribution in [0, 0.1) is 11.9 Å². The minimum absolute atomic E-state index is 0.138. The molecule has 1 amide bonds. The zero-order valence-electron chi connectivity index (χ0n) is 11.4. The molecule has 5 heteroatoms. The number of carbonyl (C=O) groups is 1. The first-order valence-corrected chi connectivity index (χ1v) is 6.71. The van der Waals surface area contributed by atoms with Gasteiger partial charge in [-0.2, -0.15) is 4.39 Å². The molecule has 0 bridgehead atoms. The number of pyridine rings is 1. The van der Waals surface area contributed by atoms with E-state index in [2.05, 4.69) is 29.0 Å². The van der Waals surface area contributed by atoms with Crippen molar-refractivity contribution in [2.75, 3.05) is 19.6 Å². The summed E-state index contributed by atoms with van der Waals surface area (Å²) in [5.41, 5.74) is 0.138. The van der Waals surface area contributed by atoms with Crippen LogP contribution in [0.25, 0.3) is 0 Å². The number of likely N-dealkylation sites (tertiary alicyclic amines) is 1. The highest BCUT2D eigenvalue weighted by molar-refractivity contribution is 5.92. The quantitative estimate of drug-likeness (QED) is 0.842. The molecule has 4 nitrogen and oxygen atoms in total. The van der Waals surface area contributed by atoms with Crippen LogP contribution in [0.5, 0.6) is 0 Å². The van der Waals surface area contributed by atoms with Crippen LogP contribution in [0.15, 0.2) is 18.2 Å². The van der Waals surface area contributed by atoms with Gasteiger partial charge in [0.15, 0.2) is 0 Å². The van der Waals surface area contributed by atoms with Crippen molar-refractivity contribution in [3.63, 3.8) is 0 Å². The number of nitrogens with zero attached hydrogens (tertiary/aromatic N) is 2. The fourth-order valence-corrected chi connectivity index (χ4v) is 2.36.